The van der Waals surface area contributed by atoms with Gasteiger partial charge in [-0.1, -0.05) is 53.6 Å². The van der Waals surface area contributed by atoms with Crippen molar-refractivity contribution in [2.45, 2.75) is 19.6 Å². The Morgan fingerprint density at radius 2 is 1.59 bits per heavy atom. The molecule has 0 N–H and O–H groups in total. The van der Waals surface area contributed by atoms with Gasteiger partial charge in [-0.2, -0.15) is 9.98 Å². The monoisotopic (exact) mass is 368 g/mol. The van der Waals surface area contributed by atoms with E-state index < -0.39 is 8.07 Å². The van der Waals surface area contributed by atoms with Crippen molar-refractivity contribution in [2.24, 2.45) is 9.98 Å². The van der Waals surface area contributed by atoms with Crippen molar-refractivity contribution in [2.75, 3.05) is 0 Å². The fraction of sp³-hybridized carbons (Fsp3) is 0.167. The highest BCUT2D eigenvalue weighted by Crippen LogP contribution is 2.18. The zero-order valence-corrected chi connectivity index (χ0v) is 15.5. The van der Waals surface area contributed by atoms with Gasteiger partial charge in [-0.15, -0.1) is 5.54 Å². The second-order valence-electron chi connectivity index (χ2n) is 5.82. The second kappa shape index (κ2) is 7.37. The highest BCUT2D eigenvalue weighted by atomic mass is 79.9. The van der Waals surface area contributed by atoms with Gasteiger partial charge in [0.25, 0.3) is 0 Å². The van der Waals surface area contributed by atoms with Gasteiger partial charge in [0.15, 0.2) is 0 Å². The molecule has 2 aromatic carbocycles. The molecule has 0 bridgehead atoms. The molecule has 0 aliphatic rings. The molecule has 0 aliphatic heterocycles. The van der Waals surface area contributed by atoms with Crippen LogP contribution in [-0.2, 0) is 0 Å². The van der Waals surface area contributed by atoms with Crippen molar-refractivity contribution in [3.8, 4) is 11.5 Å². The first-order chi connectivity index (χ1) is 10.4. The molecular weight excluding hydrogens is 352 g/mol. The predicted molar refractivity (Wildman–Crippen MR) is 100.0 cm³/mol. The summed E-state index contributed by atoms with van der Waals surface area (Å²) < 4.78 is 1.02. The summed E-state index contributed by atoms with van der Waals surface area (Å²) in [5.41, 5.74) is 5.90. The van der Waals surface area contributed by atoms with Crippen LogP contribution >= 0.6 is 15.9 Å². The van der Waals surface area contributed by atoms with Gasteiger partial charge < -0.3 is 0 Å². The summed E-state index contributed by atoms with van der Waals surface area (Å²) in [7, 11) is -1.40. The number of para-hydroxylation sites is 1. The molecule has 0 spiro atoms. The highest BCUT2D eigenvalue weighted by Gasteiger charge is 2.07. The van der Waals surface area contributed by atoms with Gasteiger partial charge in [0.1, 0.15) is 14.1 Å². The number of hydrogen-bond acceptors (Lipinski definition) is 2. The summed E-state index contributed by atoms with van der Waals surface area (Å²) in [6.07, 6.45) is 0. The van der Waals surface area contributed by atoms with E-state index in [4.69, 9.17) is 0 Å². The molecule has 0 saturated heterocycles. The average molecular weight is 369 g/mol. The van der Waals surface area contributed by atoms with E-state index in [2.05, 4.69) is 63.0 Å². The van der Waals surface area contributed by atoms with Crippen LogP contribution in [0.2, 0.25) is 19.6 Å². The highest BCUT2D eigenvalue weighted by molar-refractivity contribution is 9.10. The SMILES string of the molecule is C[Si](C)(C)C#Cc1ccccc1N=C=Nc1ccc(Br)cc1. The summed E-state index contributed by atoms with van der Waals surface area (Å²) in [4.78, 5) is 8.52. The lowest BCUT2D eigenvalue weighted by Gasteiger charge is -2.03. The standard InChI is InChI=1S/C18H17BrN2Si/c1-22(2,3)13-12-15-6-4-5-7-18(15)21-14-20-17-10-8-16(19)9-11-17/h4-11H,1-3H3. The van der Waals surface area contributed by atoms with Gasteiger partial charge in [-0.3, -0.25) is 0 Å². The smallest absolute Gasteiger partial charge is 0.129 e. The molecule has 2 nitrogen and oxygen atoms in total. The van der Waals surface area contributed by atoms with Gasteiger partial charge in [-0.05, 0) is 36.4 Å². The minimum absolute atomic E-state index is 0.800. The number of nitrogens with zero attached hydrogens (tertiary/aromatic N) is 2. The third-order valence-electron chi connectivity index (χ3n) is 2.65. The molecule has 2 aromatic rings. The lowest BCUT2D eigenvalue weighted by Crippen LogP contribution is -2.16. The molecule has 4 heteroatoms. The van der Waals surface area contributed by atoms with Crippen LogP contribution < -0.4 is 0 Å². The van der Waals surface area contributed by atoms with Crippen molar-refractivity contribution >= 4 is 41.4 Å². The van der Waals surface area contributed by atoms with E-state index in [0.717, 1.165) is 21.4 Å². The van der Waals surface area contributed by atoms with Gasteiger partial charge >= 0.3 is 0 Å². The summed E-state index contributed by atoms with van der Waals surface area (Å²) in [6, 6.07) is 18.3. The van der Waals surface area contributed by atoms with Crippen LogP contribution in [0.15, 0.2) is 63.0 Å². The zero-order chi connectivity index (χ0) is 16.0. The largest absolute Gasteiger partial charge is 0.188 e. The van der Waals surface area contributed by atoms with Crippen molar-refractivity contribution in [1.29, 1.82) is 0 Å². The molecule has 0 radical (unpaired) electrons. The van der Waals surface area contributed by atoms with Crippen LogP contribution in [0, 0.1) is 11.5 Å². The van der Waals surface area contributed by atoms with Gasteiger partial charge in [0, 0.05) is 4.47 Å². The molecule has 0 atom stereocenters. The van der Waals surface area contributed by atoms with E-state index in [1.54, 1.807) is 0 Å². The van der Waals surface area contributed by atoms with E-state index in [9.17, 15) is 0 Å². The molecule has 110 valence electrons. The third kappa shape index (κ3) is 5.46. The Bertz CT molecular complexity index is 771. The lowest BCUT2D eigenvalue weighted by molar-refractivity contribution is 1.47. The second-order valence-corrected chi connectivity index (χ2v) is 11.5. The Morgan fingerprint density at radius 3 is 2.27 bits per heavy atom. The first-order valence-electron chi connectivity index (χ1n) is 6.98. The predicted octanol–water partition coefficient (Wildman–Crippen LogP) is 5.82. The first-order valence-corrected chi connectivity index (χ1v) is 11.3. The van der Waals surface area contributed by atoms with Crippen LogP contribution in [0.3, 0.4) is 0 Å². The summed E-state index contributed by atoms with van der Waals surface area (Å²) in [5, 5.41) is 0. The molecule has 0 heterocycles. The van der Waals surface area contributed by atoms with E-state index >= 15 is 0 Å². The van der Waals surface area contributed by atoms with E-state index in [1.807, 2.05) is 48.5 Å². The van der Waals surface area contributed by atoms with Gasteiger partial charge in [0.2, 0.25) is 0 Å². The topological polar surface area (TPSA) is 24.7 Å². The van der Waals surface area contributed by atoms with Crippen LogP contribution in [0.25, 0.3) is 0 Å². The molecule has 22 heavy (non-hydrogen) atoms. The summed E-state index contributed by atoms with van der Waals surface area (Å²) in [6.45, 7) is 6.67. The first kappa shape index (κ1) is 16.4. The van der Waals surface area contributed by atoms with Crippen molar-refractivity contribution < 1.29 is 0 Å². The normalized spacial score (nSPS) is 10.2. The third-order valence-corrected chi connectivity index (χ3v) is 4.06. The van der Waals surface area contributed by atoms with E-state index in [-0.39, 0.29) is 0 Å². The van der Waals surface area contributed by atoms with Crippen LogP contribution in [0.5, 0.6) is 0 Å². The number of benzene rings is 2. The zero-order valence-electron chi connectivity index (χ0n) is 12.9. The molecular formula is C18H17BrN2Si. The summed E-state index contributed by atoms with van der Waals surface area (Å²) >= 11 is 3.40. The number of rotatable bonds is 2. The Kier molecular flexibility index (Phi) is 5.51. The number of halogens is 1. The number of aliphatic imine (C=N–C) groups is 2. The average Bonchev–Trinajstić information content (AvgIpc) is 2.47. The lowest BCUT2D eigenvalue weighted by atomic mass is 10.2. The minimum atomic E-state index is -1.40. The van der Waals surface area contributed by atoms with Crippen molar-refractivity contribution in [3.63, 3.8) is 0 Å². The van der Waals surface area contributed by atoms with Crippen LogP contribution in [0.1, 0.15) is 5.56 Å². The molecule has 0 fully saturated rings. The quantitative estimate of drug-likeness (QED) is 0.362. The maximum Gasteiger partial charge on any atom is 0.129 e. The molecule has 0 amide bonds. The van der Waals surface area contributed by atoms with Gasteiger partial charge in [0.05, 0.1) is 16.9 Å². The Morgan fingerprint density at radius 1 is 0.909 bits per heavy atom. The van der Waals surface area contributed by atoms with E-state index in [1.165, 1.54) is 0 Å². The van der Waals surface area contributed by atoms with E-state index in [0.29, 0.717) is 0 Å². The molecule has 0 unspecified atom stereocenters. The molecule has 0 aromatic heterocycles. The van der Waals surface area contributed by atoms with Crippen molar-refractivity contribution in [3.05, 3.63) is 58.6 Å². The fourth-order valence-electron chi connectivity index (χ4n) is 1.58. The van der Waals surface area contributed by atoms with Crippen LogP contribution in [-0.4, -0.2) is 14.1 Å². The maximum atomic E-state index is 4.31. The van der Waals surface area contributed by atoms with Crippen molar-refractivity contribution in [1.82, 2.24) is 0 Å². The Hall–Kier alpha value is -1.92. The fourth-order valence-corrected chi connectivity index (χ4v) is 2.36. The Labute approximate surface area is 141 Å². The summed E-state index contributed by atoms with van der Waals surface area (Å²) in [5.74, 6) is 3.24. The Balaban J connectivity index is 2.27. The molecule has 2 rings (SSSR count). The molecule has 0 saturated carbocycles. The van der Waals surface area contributed by atoms with Gasteiger partial charge in [-0.25, -0.2) is 0 Å². The maximum absolute atomic E-state index is 4.31. The molecule has 0 aliphatic carbocycles. The van der Waals surface area contributed by atoms with Crippen LogP contribution in [0.4, 0.5) is 11.4 Å². The number of hydrogen-bond donors (Lipinski definition) is 0. The minimum Gasteiger partial charge on any atom is -0.188 e.